The van der Waals surface area contributed by atoms with E-state index >= 15 is 0 Å². The Morgan fingerprint density at radius 1 is 0.952 bits per heavy atom. The van der Waals surface area contributed by atoms with Gasteiger partial charge in [-0.1, -0.05) is 41.9 Å². The number of anilines is 1. The zero-order chi connectivity index (χ0) is 14.8. The summed E-state index contributed by atoms with van der Waals surface area (Å²) in [5.41, 5.74) is 1.41. The molecule has 0 unspecified atom stereocenters. The van der Waals surface area contributed by atoms with Crippen molar-refractivity contribution in [2.75, 3.05) is 4.90 Å². The van der Waals surface area contributed by atoms with Crippen molar-refractivity contribution in [1.29, 1.82) is 0 Å². The van der Waals surface area contributed by atoms with Gasteiger partial charge in [0, 0.05) is 5.02 Å². The highest BCUT2D eigenvalue weighted by Crippen LogP contribution is 2.35. The zero-order valence-corrected chi connectivity index (χ0v) is 12.4. The first kappa shape index (κ1) is 13.9. The molecule has 0 aromatic heterocycles. The molecule has 1 aliphatic rings. The van der Waals surface area contributed by atoms with Crippen LogP contribution in [-0.2, 0) is 4.79 Å². The molecule has 0 N–H and O–H groups in total. The van der Waals surface area contributed by atoms with Crippen molar-refractivity contribution in [3.8, 4) is 0 Å². The predicted octanol–water partition coefficient (Wildman–Crippen LogP) is 4.58. The smallest absolute Gasteiger partial charge is 0.268 e. The van der Waals surface area contributed by atoms with Gasteiger partial charge in [0.1, 0.15) is 0 Å². The molecule has 1 fully saturated rings. The lowest BCUT2D eigenvalue weighted by molar-refractivity contribution is -0.113. The topological polar surface area (TPSA) is 37.4 Å². The fourth-order valence-electron chi connectivity index (χ4n) is 1.98. The maximum atomic E-state index is 12.4. The molecule has 1 heterocycles. The van der Waals surface area contributed by atoms with Gasteiger partial charge in [-0.25, -0.2) is 4.90 Å². The van der Waals surface area contributed by atoms with Crippen molar-refractivity contribution < 1.29 is 9.59 Å². The van der Waals surface area contributed by atoms with Crippen LogP contribution in [0.5, 0.6) is 0 Å². The summed E-state index contributed by atoms with van der Waals surface area (Å²) in [6.07, 6.45) is 1.70. The number of halogens is 1. The van der Waals surface area contributed by atoms with Crippen LogP contribution in [0.4, 0.5) is 10.5 Å². The van der Waals surface area contributed by atoms with Gasteiger partial charge in [-0.3, -0.25) is 9.59 Å². The summed E-state index contributed by atoms with van der Waals surface area (Å²) < 4.78 is 0. The van der Waals surface area contributed by atoms with E-state index in [-0.39, 0.29) is 11.1 Å². The van der Waals surface area contributed by atoms with Gasteiger partial charge in [-0.05, 0) is 47.7 Å². The van der Waals surface area contributed by atoms with Crippen molar-refractivity contribution in [2.45, 2.75) is 0 Å². The van der Waals surface area contributed by atoms with Gasteiger partial charge in [0.05, 0.1) is 10.6 Å². The highest BCUT2D eigenvalue weighted by Gasteiger charge is 2.36. The molecule has 0 spiro atoms. The number of nitrogens with zero attached hydrogens (tertiary/aromatic N) is 1. The Bertz CT molecular complexity index is 726. The van der Waals surface area contributed by atoms with Gasteiger partial charge < -0.3 is 0 Å². The van der Waals surface area contributed by atoms with E-state index in [4.69, 9.17) is 11.6 Å². The standard InChI is InChI=1S/C16H10ClNO2S/c17-12-8-6-11(7-9-12)10-14-15(19)18(16(20)21-14)13-4-2-1-3-5-13/h1-10H/b14-10-. The van der Waals surface area contributed by atoms with Crippen molar-refractivity contribution in [1.82, 2.24) is 0 Å². The fourth-order valence-corrected chi connectivity index (χ4v) is 2.95. The molecule has 5 heteroatoms. The average molecular weight is 316 g/mol. The first-order chi connectivity index (χ1) is 10.1. The molecule has 0 saturated carbocycles. The summed E-state index contributed by atoms with van der Waals surface area (Å²) in [5, 5.41) is 0.343. The molecule has 3 rings (SSSR count). The van der Waals surface area contributed by atoms with E-state index in [1.54, 1.807) is 54.6 Å². The van der Waals surface area contributed by atoms with E-state index in [1.165, 1.54) is 4.90 Å². The molecule has 104 valence electrons. The van der Waals surface area contributed by atoms with E-state index in [2.05, 4.69) is 0 Å². The average Bonchev–Trinajstić information content (AvgIpc) is 2.77. The van der Waals surface area contributed by atoms with Crippen LogP contribution < -0.4 is 4.90 Å². The molecule has 2 amide bonds. The summed E-state index contributed by atoms with van der Waals surface area (Å²) in [6, 6.07) is 16.0. The van der Waals surface area contributed by atoms with E-state index in [1.807, 2.05) is 6.07 Å². The van der Waals surface area contributed by atoms with E-state index < -0.39 is 0 Å². The monoisotopic (exact) mass is 315 g/mol. The Morgan fingerprint density at radius 2 is 1.62 bits per heavy atom. The number of amides is 2. The first-order valence-electron chi connectivity index (χ1n) is 6.24. The minimum absolute atomic E-state index is 0.286. The molecule has 0 radical (unpaired) electrons. The van der Waals surface area contributed by atoms with Crippen LogP contribution in [0.15, 0.2) is 59.5 Å². The molecule has 3 nitrogen and oxygen atoms in total. The van der Waals surface area contributed by atoms with Crippen LogP contribution in [0.2, 0.25) is 5.02 Å². The third-order valence-electron chi connectivity index (χ3n) is 2.98. The minimum atomic E-state index is -0.300. The summed E-state index contributed by atoms with van der Waals surface area (Å²) in [5.74, 6) is -0.300. The van der Waals surface area contributed by atoms with Crippen LogP contribution in [0.1, 0.15) is 5.56 Å². The Kier molecular flexibility index (Phi) is 3.82. The Labute approximate surface area is 131 Å². The summed E-state index contributed by atoms with van der Waals surface area (Å²) in [7, 11) is 0. The SMILES string of the molecule is O=C1S/C(=C\c2ccc(Cl)cc2)C(=O)N1c1ccccc1. The number of para-hydroxylation sites is 1. The highest BCUT2D eigenvalue weighted by molar-refractivity contribution is 8.19. The number of thioether (sulfide) groups is 1. The van der Waals surface area contributed by atoms with E-state index in [9.17, 15) is 9.59 Å². The van der Waals surface area contributed by atoms with Gasteiger partial charge in [-0.15, -0.1) is 0 Å². The molecule has 2 aromatic rings. The van der Waals surface area contributed by atoms with Gasteiger partial charge in [0.25, 0.3) is 11.1 Å². The van der Waals surface area contributed by atoms with Crippen LogP contribution in [0.3, 0.4) is 0 Å². The second kappa shape index (κ2) is 5.76. The molecule has 0 aliphatic carbocycles. The molecule has 0 atom stereocenters. The third-order valence-corrected chi connectivity index (χ3v) is 4.10. The van der Waals surface area contributed by atoms with Crippen LogP contribution >= 0.6 is 23.4 Å². The second-order valence-corrected chi connectivity index (χ2v) is 5.83. The molecular weight excluding hydrogens is 306 g/mol. The molecule has 2 aromatic carbocycles. The Morgan fingerprint density at radius 3 is 2.29 bits per heavy atom. The second-order valence-electron chi connectivity index (χ2n) is 4.40. The van der Waals surface area contributed by atoms with E-state index in [0.29, 0.717) is 15.6 Å². The summed E-state index contributed by atoms with van der Waals surface area (Å²) in [4.78, 5) is 26.0. The number of hydrogen-bond donors (Lipinski definition) is 0. The largest absolute Gasteiger partial charge is 0.298 e. The van der Waals surface area contributed by atoms with Gasteiger partial charge in [0.2, 0.25) is 0 Å². The van der Waals surface area contributed by atoms with Crippen LogP contribution in [-0.4, -0.2) is 11.1 Å². The van der Waals surface area contributed by atoms with Gasteiger partial charge >= 0.3 is 0 Å². The van der Waals surface area contributed by atoms with Crippen molar-refractivity contribution in [2.24, 2.45) is 0 Å². The predicted molar refractivity (Wildman–Crippen MR) is 86.3 cm³/mol. The Hall–Kier alpha value is -2.04. The summed E-state index contributed by atoms with van der Waals surface area (Å²) >= 11 is 6.77. The van der Waals surface area contributed by atoms with Crippen molar-refractivity contribution >= 4 is 46.3 Å². The first-order valence-corrected chi connectivity index (χ1v) is 7.43. The molecule has 0 bridgehead atoms. The maximum Gasteiger partial charge on any atom is 0.298 e. The lowest BCUT2D eigenvalue weighted by Gasteiger charge is -2.11. The highest BCUT2D eigenvalue weighted by atomic mass is 35.5. The molecule has 1 saturated heterocycles. The lowest BCUT2D eigenvalue weighted by atomic mass is 10.2. The quantitative estimate of drug-likeness (QED) is 0.761. The normalized spacial score (nSPS) is 16.8. The molecule has 21 heavy (non-hydrogen) atoms. The fraction of sp³-hybridized carbons (Fsp3) is 0. The van der Waals surface area contributed by atoms with Crippen LogP contribution in [0.25, 0.3) is 6.08 Å². The van der Waals surface area contributed by atoms with Gasteiger partial charge in [-0.2, -0.15) is 0 Å². The molecule has 1 aliphatic heterocycles. The van der Waals surface area contributed by atoms with Crippen molar-refractivity contribution in [3.63, 3.8) is 0 Å². The number of carbonyl (C=O) groups excluding carboxylic acids is 2. The molecular formula is C16H10ClNO2S. The van der Waals surface area contributed by atoms with Gasteiger partial charge in [0.15, 0.2) is 0 Å². The number of rotatable bonds is 2. The minimum Gasteiger partial charge on any atom is -0.268 e. The Balaban J connectivity index is 1.92. The number of carbonyl (C=O) groups is 2. The van der Waals surface area contributed by atoms with Crippen molar-refractivity contribution in [3.05, 3.63) is 70.1 Å². The lowest BCUT2D eigenvalue weighted by Crippen LogP contribution is -2.27. The van der Waals surface area contributed by atoms with E-state index in [0.717, 1.165) is 17.3 Å². The van der Waals surface area contributed by atoms with Crippen LogP contribution in [0, 0.1) is 0 Å². The number of benzene rings is 2. The number of imide groups is 1. The zero-order valence-electron chi connectivity index (χ0n) is 10.8. The summed E-state index contributed by atoms with van der Waals surface area (Å²) in [6.45, 7) is 0. The number of hydrogen-bond acceptors (Lipinski definition) is 3. The maximum absolute atomic E-state index is 12.4. The third kappa shape index (κ3) is 2.86.